The number of carbonyl (C=O) groups excluding carboxylic acids is 2. The van der Waals surface area contributed by atoms with Crippen molar-refractivity contribution in [1.82, 2.24) is 4.90 Å². The number of amides is 1. The van der Waals surface area contributed by atoms with Gasteiger partial charge in [0.15, 0.2) is 0 Å². The van der Waals surface area contributed by atoms with E-state index >= 15 is 0 Å². The number of hydrogen-bond acceptors (Lipinski definition) is 4. The zero-order valence-corrected chi connectivity index (χ0v) is 11.1. The number of aliphatic carboxylic acids is 1. The highest BCUT2D eigenvalue weighted by molar-refractivity contribution is 5.84. The van der Waals surface area contributed by atoms with Crippen LogP contribution in [0.15, 0.2) is 30.3 Å². The zero-order valence-electron chi connectivity index (χ0n) is 11.1. The van der Waals surface area contributed by atoms with Crippen molar-refractivity contribution < 1.29 is 19.4 Å². The summed E-state index contributed by atoms with van der Waals surface area (Å²) in [5.41, 5.74) is 0.384. The molecule has 1 saturated heterocycles. The first-order valence-electron chi connectivity index (χ1n) is 6.88. The Hall–Kier alpha value is -2.04. The van der Waals surface area contributed by atoms with Crippen LogP contribution in [0.4, 0.5) is 4.79 Å². The van der Waals surface area contributed by atoms with Gasteiger partial charge in [0, 0.05) is 0 Å². The second-order valence-corrected chi connectivity index (χ2v) is 5.42. The average Bonchev–Trinajstić information content (AvgIpc) is 3.14. The Morgan fingerprint density at radius 3 is 2.40 bits per heavy atom. The maximum Gasteiger partial charge on any atom is 0.411 e. The Morgan fingerprint density at radius 2 is 1.85 bits per heavy atom. The molecule has 1 amide bonds. The number of carboxylic acids is 1. The third-order valence-corrected chi connectivity index (χ3v) is 4.11. The quantitative estimate of drug-likeness (QED) is 0.772. The van der Waals surface area contributed by atoms with Crippen LogP contribution in [-0.4, -0.2) is 29.5 Å². The summed E-state index contributed by atoms with van der Waals surface area (Å²) in [4.78, 5) is 24.0. The molecule has 3 rings (SSSR count). The zero-order chi connectivity index (χ0) is 14.2. The van der Waals surface area contributed by atoms with Gasteiger partial charge >= 0.3 is 6.09 Å². The van der Waals surface area contributed by atoms with Crippen LogP contribution >= 0.6 is 0 Å². The summed E-state index contributed by atoms with van der Waals surface area (Å²) in [6.45, 7) is 0.187. The summed E-state index contributed by atoms with van der Waals surface area (Å²) >= 11 is 0. The third kappa shape index (κ3) is 2.24. The van der Waals surface area contributed by atoms with Gasteiger partial charge in [0.25, 0.3) is 0 Å². The van der Waals surface area contributed by atoms with Crippen LogP contribution in [0.2, 0.25) is 0 Å². The van der Waals surface area contributed by atoms with Gasteiger partial charge in [0.05, 0.1) is 18.6 Å². The number of ether oxygens (including phenoxy) is 1. The minimum Gasteiger partial charge on any atom is -0.548 e. The molecule has 0 aromatic heterocycles. The van der Waals surface area contributed by atoms with E-state index in [4.69, 9.17) is 4.74 Å². The molecule has 2 fully saturated rings. The molecule has 0 N–H and O–H groups in total. The van der Waals surface area contributed by atoms with E-state index in [9.17, 15) is 14.7 Å². The Balaban J connectivity index is 1.76. The van der Waals surface area contributed by atoms with Gasteiger partial charge in [0.2, 0.25) is 0 Å². The van der Waals surface area contributed by atoms with Crippen LogP contribution in [0.5, 0.6) is 0 Å². The maximum absolute atomic E-state index is 12.1. The van der Waals surface area contributed by atoms with Crippen LogP contribution in [0.3, 0.4) is 0 Å². The Morgan fingerprint density at radius 1 is 1.20 bits per heavy atom. The Bertz CT molecular complexity index is 522. The van der Waals surface area contributed by atoms with Crippen molar-refractivity contribution in [2.24, 2.45) is 0 Å². The molecular weight excluding hydrogens is 258 g/mol. The van der Waals surface area contributed by atoms with Gasteiger partial charge in [-0.15, -0.1) is 0 Å². The molecule has 5 nitrogen and oxygen atoms in total. The van der Waals surface area contributed by atoms with Crippen molar-refractivity contribution in [2.45, 2.75) is 37.3 Å². The SMILES string of the molecule is O=C([O-])C1CN1C(=O)OC1(c2ccccc2)CCCC1. The predicted molar refractivity (Wildman–Crippen MR) is 68.6 cm³/mol. The molecule has 20 heavy (non-hydrogen) atoms. The lowest BCUT2D eigenvalue weighted by atomic mass is 9.92. The largest absolute Gasteiger partial charge is 0.548 e. The standard InChI is InChI=1S/C15H17NO4/c17-13(18)12-10-16(12)14(19)20-15(8-4-5-9-15)11-6-2-1-3-7-11/h1-3,6-7,12H,4-5,8-10H2,(H,17,18)/p-1. The van der Waals surface area contributed by atoms with E-state index in [1.54, 1.807) is 0 Å². The molecule has 1 heterocycles. The lowest BCUT2D eigenvalue weighted by Crippen LogP contribution is -2.35. The molecule has 0 spiro atoms. The molecule has 1 aliphatic heterocycles. The van der Waals surface area contributed by atoms with Crippen molar-refractivity contribution >= 4 is 12.1 Å². The third-order valence-electron chi connectivity index (χ3n) is 4.11. The van der Waals surface area contributed by atoms with E-state index < -0.39 is 23.7 Å². The highest BCUT2D eigenvalue weighted by Crippen LogP contribution is 2.43. The number of hydrogen-bond donors (Lipinski definition) is 0. The van der Waals surface area contributed by atoms with Crippen molar-refractivity contribution in [3.8, 4) is 0 Å². The summed E-state index contributed by atoms with van der Waals surface area (Å²) < 4.78 is 5.69. The molecular formula is C15H16NO4-. The summed E-state index contributed by atoms with van der Waals surface area (Å²) in [5.74, 6) is -1.22. The summed E-state index contributed by atoms with van der Waals surface area (Å²) in [7, 11) is 0. The number of rotatable bonds is 3. The van der Waals surface area contributed by atoms with Gasteiger partial charge in [0.1, 0.15) is 5.60 Å². The highest BCUT2D eigenvalue weighted by Gasteiger charge is 2.46. The van der Waals surface area contributed by atoms with E-state index in [-0.39, 0.29) is 6.54 Å². The number of nitrogens with zero attached hydrogens (tertiary/aromatic N) is 1. The molecule has 0 bridgehead atoms. The summed E-state index contributed by atoms with van der Waals surface area (Å²) in [5, 5.41) is 10.7. The van der Waals surface area contributed by atoms with Gasteiger partial charge in [-0.05, 0) is 31.2 Å². The molecule has 1 aromatic rings. The fourth-order valence-electron chi connectivity index (χ4n) is 2.91. The summed E-state index contributed by atoms with van der Waals surface area (Å²) in [6, 6.07) is 8.85. The van der Waals surface area contributed by atoms with Crippen LogP contribution in [0, 0.1) is 0 Å². The van der Waals surface area contributed by atoms with E-state index in [1.165, 1.54) is 4.90 Å². The van der Waals surface area contributed by atoms with Crippen molar-refractivity contribution in [1.29, 1.82) is 0 Å². The molecule has 2 aliphatic rings. The first-order chi connectivity index (χ1) is 9.62. The smallest absolute Gasteiger partial charge is 0.411 e. The van der Waals surface area contributed by atoms with Gasteiger partial charge in [-0.25, -0.2) is 4.79 Å². The fraction of sp³-hybridized carbons (Fsp3) is 0.467. The lowest BCUT2D eigenvalue weighted by Gasteiger charge is -2.29. The average molecular weight is 274 g/mol. The molecule has 1 atom stereocenters. The number of benzene rings is 1. The van der Waals surface area contributed by atoms with Crippen LogP contribution in [0.25, 0.3) is 0 Å². The molecule has 1 aliphatic carbocycles. The maximum atomic E-state index is 12.1. The normalized spacial score (nSPS) is 23.4. The summed E-state index contributed by atoms with van der Waals surface area (Å²) in [6.07, 6.45) is 3.03. The van der Waals surface area contributed by atoms with Gasteiger partial charge in [-0.2, -0.15) is 0 Å². The first-order valence-corrected chi connectivity index (χ1v) is 6.88. The fourth-order valence-corrected chi connectivity index (χ4v) is 2.91. The van der Waals surface area contributed by atoms with Crippen LogP contribution in [-0.2, 0) is 15.1 Å². The predicted octanol–water partition coefficient (Wildman–Crippen LogP) is 1.03. The molecule has 1 aromatic carbocycles. The van der Waals surface area contributed by atoms with E-state index in [0.717, 1.165) is 31.2 Å². The monoisotopic (exact) mass is 274 g/mol. The van der Waals surface area contributed by atoms with E-state index in [2.05, 4.69) is 0 Å². The molecule has 5 heteroatoms. The van der Waals surface area contributed by atoms with Crippen LogP contribution < -0.4 is 5.11 Å². The molecule has 1 saturated carbocycles. The van der Waals surface area contributed by atoms with Gasteiger partial charge in [-0.1, -0.05) is 30.3 Å². The molecule has 1 unspecified atom stereocenters. The molecule has 106 valence electrons. The second-order valence-electron chi connectivity index (χ2n) is 5.42. The minimum absolute atomic E-state index is 0.187. The topological polar surface area (TPSA) is 69.4 Å². The Labute approximate surface area is 117 Å². The molecule has 0 radical (unpaired) electrons. The minimum atomic E-state index is -1.22. The highest BCUT2D eigenvalue weighted by atomic mass is 16.6. The van der Waals surface area contributed by atoms with Crippen molar-refractivity contribution in [3.63, 3.8) is 0 Å². The van der Waals surface area contributed by atoms with Gasteiger partial charge in [-0.3, -0.25) is 4.90 Å². The Kier molecular flexibility index (Phi) is 3.12. The van der Waals surface area contributed by atoms with Crippen molar-refractivity contribution in [2.75, 3.05) is 6.54 Å². The van der Waals surface area contributed by atoms with Gasteiger partial charge < -0.3 is 14.6 Å². The lowest BCUT2D eigenvalue weighted by molar-refractivity contribution is -0.305. The van der Waals surface area contributed by atoms with E-state index in [0.29, 0.717) is 0 Å². The number of carbonyl (C=O) groups is 2. The first kappa shape index (κ1) is 13.0. The van der Waals surface area contributed by atoms with Crippen molar-refractivity contribution in [3.05, 3.63) is 35.9 Å². The van der Waals surface area contributed by atoms with Crippen LogP contribution in [0.1, 0.15) is 31.2 Å². The second kappa shape index (κ2) is 4.81. The number of carboxylic acid groups (broad SMARTS) is 1. The van der Waals surface area contributed by atoms with E-state index in [1.807, 2.05) is 30.3 Å².